The molecule has 0 fully saturated rings. The van der Waals surface area contributed by atoms with Crippen LogP contribution >= 0.6 is 0 Å². The molecule has 0 saturated carbocycles. The molecule has 0 amide bonds. The first-order valence-corrected chi connectivity index (χ1v) is 6.93. The van der Waals surface area contributed by atoms with E-state index in [9.17, 15) is 0 Å². The van der Waals surface area contributed by atoms with E-state index in [-0.39, 0.29) is 5.54 Å². The Bertz CT molecular complexity index is 608. The number of rotatable bonds is 2. The summed E-state index contributed by atoms with van der Waals surface area (Å²) in [5.74, 6) is 0.543. The van der Waals surface area contributed by atoms with Gasteiger partial charge >= 0.3 is 0 Å². The van der Waals surface area contributed by atoms with Crippen molar-refractivity contribution in [3.63, 3.8) is 0 Å². The third-order valence-corrected chi connectivity index (χ3v) is 2.63. The van der Waals surface area contributed by atoms with Gasteiger partial charge < -0.3 is 11.5 Å². The van der Waals surface area contributed by atoms with E-state index < -0.39 is 0 Å². The van der Waals surface area contributed by atoms with Gasteiger partial charge in [0, 0.05) is 16.7 Å². The normalized spacial score (nSPS) is 13.6. The fourth-order valence-electron chi connectivity index (χ4n) is 1.85. The van der Waals surface area contributed by atoms with Crippen LogP contribution in [0.3, 0.4) is 0 Å². The molecule has 1 aliphatic rings. The van der Waals surface area contributed by atoms with Crippen molar-refractivity contribution in [1.82, 2.24) is 0 Å². The van der Waals surface area contributed by atoms with E-state index in [1.165, 1.54) is 0 Å². The number of hydrogen-bond acceptors (Lipinski definition) is 3. The van der Waals surface area contributed by atoms with Gasteiger partial charge in [0.1, 0.15) is 5.84 Å². The minimum absolute atomic E-state index is 0. The van der Waals surface area contributed by atoms with Gasteiger partial charge in [-0.05, 0) is 51.0 Å². The van der Waals surface area contributed by atoms with Crippen LogP contribution in [0.15, 0.2) is 36.4 Å². The number of aliphatic imine (C=N–C) groups is 1. The summed E-state index contributed by atoms with van der Waals surface area (Å²) in [6.07, 6.45) is 5.86. The van der Waals surface area contributed by atoms with Gasteiger partial charge in [-0.25, -0.2) is 4.99 Å². The zero-order valence-electron chi connectivity index (χ0n) is 13.4. The molecule has 3 nitrogen and oxygen atoms in total. The number of nitrogens with two attached hydrogens (primary N) is 2. The summed E-state index contributed by atoms with van der Waals surface area (Å²) in [7, 11) is 0. The maximum atomic E-state index is 5.83. The van der Waals surface area contributed by atoms with E-state index in [0.29, 0.717) is 5.84 Å². The summed E-state index contributed by atoms with van der Waals surface area (Å²) in [5.41, 5.74) is 16.0. The molecule has 0 aliphatic carbocycles. The number of amidine groups is 1. The molecule has 2 rings (SSSR count). The highest BCUT2D eigenvalue weighted by atomic mass is 14.9. The number of hydrogen-bond donors (Lipinski definition) is 2. The largest absolute Gasteiger partial charge is 0.383 e. The number of fused-ring (bicyclic) bond motifs is 1. The van der Waals surface area contributed by atoms with E-state index in [4.69, 9.17) is 11.5 Å². The lowest BCUT2D eigenvalue weighted by Gasteiger charge is -2.06. The van der Waals surface area contributed by atoms with Crippen LogP contribution in [0.2, 0.25) is 0 Å². The summed E-state index contributed by atoms with van der Waals surface area (Å²) < 4.78 is 0. The number of nitrogens with zero attached hydrogens (tertiary/aromatic N) is 1. The standard InChI is InChI=1S/C14H14N2.C4H11N/c1-4-6-11-8-13-12(7-10(11)5-2)9(3)16-14(13)15;1-4(2,3)5/h4-8H,2-3H2,1H3,(H2,15,16);5H2,1-3H3/b6-4-;. The van der Waals surface area contributed by atoms with E-state index >= 15 is 0 Å². The Morgan fingerprint density at radius 2 is 1.67 bits per heavy atom. The Hall–Kier alpha value is -2.13. The molecule has 1 heterocycles. The second-order valence-corrected chi connectivity index (χ2v) is 6.04. The van der Waals surface area contributed by atoms with Crippen molar-refractivity contribution >= 4 is 23.7 Å². The molecular weight excluding hydrogens is 258 g/mol. The summed E-state index contributed by atoms with van der Waals surface area (Å²) in [6, 6.07) is 4.06. The second kappa shape index (κ2) is 6.55. The predicted octanol–water partition coefficient (Wildman–Crippen LogP) is 3.80. The zero-order valence-corrected chi connectivity index (χ0v) is 13.4. The van der Waals surface area contributed by atoms with Gasteiger partial charge in [0.05, 0.1) is 5.70 Å². The molecule has 3 heteroatoms. The van der Waals surface area contributed by atoms with Gasteiger partial charge in [-0.1, -0.05) is 31.4 Å². The van der Waals surface area contributed by atoms with Crippen LogP contribution < -0.4 is 11.5 Å². The van der Waals surface area contributed by atoms with Crippen molar-refractivity contribution in [2.45, 2.75) is 33.2 Å². The van der Waals surface area contributed by atoms with E-state index in [1.807, 2.05) is 58.1 Å². The van der Waals surface area contributed by atoms with Crippen molar-refractivity contribution in [2.24, 2.45) is 16.5 Å². The first-order chi connectivity index (χ1) is 9.67. The van der Waals surface area contributed by atoms with Crippen molar-refractivity contribution in [2.75, 3.05) is 0 Å². The summed E-state index contributed by atoms with van der Waals surface area (Å²) >= 11 is 0. The monoisotopic (exact) mass is 283 g/mol. The highest BCUT2D eigenvalue weighted by Crippen LogP contribution is 2.29. The predicted molar refractivity (Wildman–Crippen MR) is 94.9 cm³/mol. The van der Waals surface area contributed by atoms with Crippen molar-refractivity contribution in [3.05, 3.63) is 53.6 Å². The minimum Gasteiger partial charge on any atom is -0.383 e. The average molecular weight is 283 g/mol. The molecule has 0 bridgehead atoms. The topological polar surface area (TPSA) is 64.4 Å². The van der Waals surface area contributed by atoms with Gasteiger partial charge in [-0.2, -0.15) is 0 Å². The SMILES string of the molecule is C=Cc1cc2c(cc1/C=C\C)C(N)=NC2=C.CC(C)(C)N. The fourth-order valence-corrected chi connectivity index (χ4v) is 1.85. The molecule has 1 aromatic rings. The van der Waals surface area contributed by atoms with Crippen LogP contribution in [0.25, 0.3) is 17.8 Å². The summed E-state index contributed by atoms with van der Waals surface area (Å²) in [4.78, 5) is 4.18. The van der Waals surface area contributed by atoms with Gasteiger partial charge in [0.2, 0.25) is 0 Å². The molecule has 1 aromatic carbocycles. The summed E-state index contributed by atoms with van der Waals surface area (Å²) in [5, 5.41) is 0. The first kappa shape index (κ1) is 16.9. The number of benzene rings is 1. The van der Waals surface area contributed by atoms with Crippen LogP contribution in [0.5, 0.6) is 0 Å². The maximum absolute atomic E-state index is 5.83. The molecular formula is C18H25N3. The molecule has 1 aliphatic heterocycles. The molecule has 0 radical (unpaired) electrons. The van der Waals surface area contributed by atoms with Crippen LogP contribution in [0, 0.1) is 0 Å². The van der Waals surface area contributed by atoms with E-state index in [1.54, 1.807) is 0 Å². The van der Waals surface area contributed by atoms with E-state index in [0.717, 1.165) is 28.0 Å². The smallest absolute Gasteiger partial charge is 0.132 e. The molecule has 0 saturated heterocycles. The Kier molecular flexibility index (Phi) is 5.28. The Morgan fingerprint density at radius 1 is 1.14 bits per heavy atom. The van der Waals surface area contributed by atoms with Crippen LogP contribution in [0.1, 0.15) is 49.9 Å². The average Bonchev–Trinajstić information content (AvgIpc) is 2.62. The molecule has 112 valence electrons. The Balaban J connectivity index is 0.000000383. The van der Waals surface area contributed by atoms with Crippen LogP contribution in [0.4, 0.5) is 0 Å². The quantitative estimate of drug-likeness (QED) is 0.867. The van der Waals surface area contributed by atoms with Crippen LogP contribution in [-0.2, 0) is 0 Å². The van der Waals surface area contributed by atoms with Gasteiger partial charge in [-0.3, -0.25) is 0 Å². The lowest BCUT2D eigenvalue weighted by Crippen LogP contribution is -2.26. The molecule has 21 heavy (non-hydrogen) atoms. The molecule has 4 N–H and O–H groups in total. The van der Waals surface area contributed by atoms with E-state index in [2.05, 4.69) is 18.2 Å². The fraction of sp³-hybridized carbons (Fsp3) is 0.278. The zero-order chi connectivity index (χ0) is 16.2. The van der Waals surface area contributed by atoms with Crippen molar-refractivity contribution < 1.29 is 0 Å². The maximum Gasteiger partial charge on any atom is 0.132 e. The highest BCUT2D eigenvalue weighted by molar-refractivity contribution is 6.09. The van der Waals surface area contributed by atoms with Gasteiger partial charge in [0.15, 0.2) is 0 Å². The highest BCUT2D eigenvalue weighted by Gasteiger charge is 2.18. The summed E-state index contributed by atoms with van der Waals surface area (Å²) in [6.45, 7) is 15.6. The Morgan fingerprint density at radius 3 is 2.14 bits per heavy atom. The third-order valence-electron chi connectivity index (χ3n) is 2.63. The van der Waals surface area contributed by atoms with Crippen molar-refractivity contribution in [1.29, 1.82) is 0 Å². The van der Waals surface area contributed by atoms with Gasteiger partial charge in [0.25, 0.3) is 0 Å². The minimum atomic E-state index is 0. The molecule has 0 aromatic heterocycles. The lowest BCUT2D eigenvalue weighted by molar-refractivity contribution is 0.580. The van der Waals surface area contributed by atoms with Gasteiger partial charge in [-0.15, -0.1) is 0 Å². The van der Waals surface area contributed by atoms with Crippen molar-refractivity contribution in [3.8, 4) is 0 Å². The number of allylic oxidation sites excluding steroid dienone is 1. The molecule has 0 spiro atoms. The molecule has 0 atom stereocenters. The third kappa shape index (κ3) is 4.72. The first-order valence-electron chi connectivity index (χ1n) is 6.93. The van der Waals surface area contributed by atoms with Crippen LogP contribution in [-0.4, -0.2) is 11.4 Å². The Labute approximate surface area is 127 Å². The molecule has 0 unspecified atom stereocenters. The lowest BCUT2D eigenvalue weighted by atomic mass is 9.97. The second-order valence-electron chi connectivity index (χ2n) is 6.04.